The van der Waals surface area contributed by atoms with E-state index in [0.717, 1.165) is 28.9 Å². The number of quaternary nitrogens is 1. The third-order valence-electron chi connectivity index (χ3n) is 7.17. The van der Waals surface area contributed by atoms with Gasteiger partial charge in [-0.3, -0.25) is 0 Å². The van der Waals surface area contributed by atoms with Crippen LogP contribution in [-0.2, 0) is 21.0 Å². The van der Waals surface area contributed by atoms with Crippen molar-refractivity contribution < 1.29 is 30.3 Å². The zero-order chi connectivity index (χ0) is 24.3. The molecule has 0 bridgehead atoms. The molecule has 10 heteroatoms. The number of benzene rings is 2. The van der Waals surface area contributed by atoms with Crippen LogP contribution in [0.2, 0.25) is 0 Å². The summed E-state index contributed by atoms with van der Waals surface area (Å²) in [5, 5.41) is 3.08. The van der Waals surface area contributed by atoms with Gasteiger partial charge in [-0.2, -0.15) is 25.5 Å². The molecule has 1 N–H and O–H groups in total. The van der Waals surface area contributed by atoms with E-state index in [1.165, 1.54) is 6.07 Å². The highest BCUT2D eigenvalue weighted by Crippen LogP contribution is 2.51. The number of alkyl halides is 3. The first-order valence-corrected chi connectivity index (χ1v) is 13.6. The van der Waals surface area contributed by atoms with Crippen molar-refractivity contribution in [1.82, 2.24) is 5.32 Å². The van der Waals surface area contributed by atoms with Crippen LogP contribution in [0.5, 0.6) is 0 Å². The molecule has 5 nitrogen and oxygen atoms in total. The van der Waals surface area contributed by atoms with Gasteiger partial charge in [0.2, 0.25) is 0 Å². The van der Waals surface area contributed by atoms with Crippen LogP contribution < -0.4 is 5.32 Å². The Morgan fingerprint density at radius 1 is 1.00 bits per heavy atom. The fourth-order valence-corrected chi connectivity index (χ4v) is 7.24. The highest BCUT2D eigenvalue weighted by atomic mass is 79.9. The lowest BCUT2D eigenvalue weighted by molar-refractivity contribution is -0.732. The largest absolute Gasteiger partial charge is 0.416 e. The summed E-state index contributed by atoms with van der Waals surface area (Å²) in [6.45, 7) is 0.601. The number of hydrogen-bond acceptors (Lipinski definition) is 4. The van der Waals surface area contributed by atoms with Crippen molar-refractivity contribution in [2.45, 2.75) is 42.2 Å². The summed E-state index contributed by atoms with van der Waals surface area (Å²) in [6.07, 6.45) is -2.66. The van der Waals surface area contributed by atoms with Crippen molar-refractivity contribution in [3.63, 3.8) is 0 Å². The normalized spacial score (nSPS) is 24.6. The first-order chi connectivity index (χ1) is 16.0. The summed E-state index contributed by atoms with van der Waals surface area (Å²) in [4.78, 5) is 13.4. The maximum atomic E-state index is 14.0. The lowest BCUT2D eigenvalue weighted by atomic mass is 10.1. The predicted molar refractivity (Wildman–Crippen MR) is 123 cm³/mol. The molecule has 0 spiro atoms. The molecule has 0 unspecified atom stereocenters. The maximum absolute atomic E-state index is 14.0. The van der Waals surface area contributed by atoms with Gasteiger partial charge in [0.1, 0.15) is 18.0 Å². The molecule has 0 aromatic heterocycles. The summed E-state index contributed by atoms with van der Waals surface area (Å²) >= 11 is 3.39. The summed E-state index contributed by atoms with van der Waals surface area (Å²) in [7, 11) is -4.41. The van der Waals surface area contributed by atoms with Crippen molar-refractivity contribution in [3.05, 3.63) is 63.6 Å². The standard InChI is InChI=1S/C24H25BrF3N2O3S/c25-19-5-3-16(4-6-19)21-14-22(21)23(31)30(9-7-29-8-10-30)34(32,33)20-12-17(15-1-2-15)11-18(13-20)24(26,27)28/h3-6,11-13,15,21-22,29H,1-2,7-10,14H2/q+1/t21-,22+/m0/s1. The molecule has 1 aliphatic heterocycles. The molecule has 1 saturated heterocycles. The molecule has 182 valence electrons. The molecule has 2 aliphatic carbocycles. The van der Waals surface area contributed by atoms with E-state index in [4.69, 9.17) is 0 Å². The first kappa shape index (κ1) is 24.0. The van der Waals surface area contributed by atoms with Crippen LogP contribution in [0.4, 0.5) is 13.2 Å². The Morgan fingerprint density at radius 3 is 2.24 bits per heavy atom. The second kappa shape index (κ2) is 8.43. The minimum absolute atomic E-state index is 0.000266. The second-order valence-corrected chi connectivity index (χ2v) is 12.5. The number of carbonyl (C=O) groups is 1. The summed E-state index contributed by atoms with van der Waals surface area (Å²) in [6, 6.07) is 10.7. The van der Waals surface area contributed by atoms with Crippen molar-refractivity contribution in [3.8, 4) is 0 Å². The monoisotopic (exact) mass is 557 g/mol. The molecule has 34 heavy (non-hydrogen) atoms. The molecule has 1 heterocycles. The van der Waals surface area contributed by atoms with Gasteiger partial charge < -0.3 is 5.32 Å². The molecule has 2 aromatic rings. The Bertz CT molecular complexity index is 1220. The predicted octanol–water partition coefficient (Wildman–Crippen LogP) is 4.78. The van der Waals surface area contributed by atoms with Crippen LogP contribution in [0.3, 0.4) is 0 Å². The summed E-state index contributed by atoms with van der Waals surface area (Å²) in [5.74, 6) is -1.03. The third kappa shape index (κ3) is 4.23. The number of rotatable bonds is 5. The lowest BCUT2D eigenvalue weighted by Gasteiger charge is -2.37. The number of nitrogens with one attached hydrogen (secondary N) is 1. The summed E-state index contributed by atoms with van der Waals surface area (Å²) in [5.41, 5.74) is 0.367. The van der Waals surface area contributed by atoms with E-state index in [2.05, 4.69) is 21.2 Å². The van der Waals surface area contributed by atoms with E-state index in [9.17, 15) is 26.4 Å². The number of hydrogen-bond donors (Lipinski definition) is 1. The molecule has 3 fully saturated rings. The van der Waals surface area contributed by atoms with Crippen LogP contribution in [0, 0.1) is 5.92 Å². The molecular weight excluding hydrogens is 533 g/mol. The molecule has 3 aliphatic rings. The van der Waals surface area contributed by atoms with Crippen LogP contribution in [0.1, 0.15) is 47.8 Å². The van der Waals surface area contributed by atoms with Gasteiger partial charge in [-0.25, -0.2) is 4.79 Å². The van der Waals surface area contributed by atoms with Gasteiger partial charge >= 0.3 is 22.1 Å². The molecule has 1 amide bonds. The number of sulfonamides is 1. The van der Waals surface area contributed by atoms with E-state index in [1.807, 2.05) is 24.3 Å². The maximum Gasteiger partial charge on any atom is 0.416 e. The van der Waals surface area contributed by atoms with E-state index in [0.29, 0.717) is 31.1 Å². The number of nitrogens with zero attached hydrogens (tertiary/aromatic N) is 1. The van der Waals surface area contributed by atoms with E-state index in [-0.39, 0.29) is 24.9 Å². The van der Waals surface area contributed by atoms with Gasteiger partial charge in [0.25, 0.3) is 0 Å². The fraction of sp³-hybridized carbons (Fsp3) is 0.458. The molecular formula is C24H25BrF3N2O3S+. The minimum Gasteiger partial charge on any atom is -0.306 e. The molecule has 0 radical (unpaired) electrons. The van der Waals surface area contributed by atoms with Gasteiger partial charge in [0.05, 0.1) is 11.5 Å². The Morgan fingerprint density at radius 2 is 1.65 bits per heavy atom. The lowest BCUT2D eigenvalue weighted by Crippen LogP contribution is -2.65. The van der Waals surface area contributed by atoms with Crippen molar-refractivity contribution >= 4 is 31.9 Å². The van der Waals surface area contributed by atoms with E-state index >= 15 is 0 Å². The molecule has 5 rings (SSSR count). The Hall–Kier alpha value is -1.75. The van der Waals surface area contributed by atoms with Gasteiger partial charge in [0.15, 0.2) is 0 Å². The zero-order valence-electron chi connectivity index (χ0n) is 18.3. The number of carbonyl (C=O) groups excluding carboxylic acids is 1. The highest BCUT2D eigenvalue weighted by molar-refractivity contribution is 9.10. The zero-order valence-corrected chi connectivity index (χ0v) is 20.7. The average molecular weight is 558 g/mol. The van der Waals surface area contributed by atoms with Gasteiger partial charge in [0, 0.05) is 23.5 Å². The van der Waals surface area contributed by atoms with Crippen LogP contribution >= 0.6 is 15.9 Å². The quantitative estimate of drug-likeness (QED) is 0.537. The van der Waals surface area contributed by atoms with Gasteiger partial charge in [-0.1, -0.05) is 28.1 Å². The second-order valence-electron chi connectivity index (χ2n) is 9.46. The molecule has 2 atom stereocenters. The topological polar surface area (TPSA) is 63.2 Å². The Balaban J connectivity index is 1.54. The van der Waals surface area contributed by atoms with E-state index in [1.54, 1.807) is 0 Å². The first-order valence-electron chi connectivity index (χ1n) is 11.4. The Kier molecular flexibility index (Phi) is 5.94. The highest BCUT2D eigenvalue weighted by Gasteiger charge is 2.59. The van der Waals surface area contributed by atoms with Crippen molar-refractivity contribution in [2.75, 3.05) is 26.2 Å². The summed E-state index contributed by atoms with van der Waals surface area (Å²) < 4.78 is 69.0. The molecule has 2 aromatic carbocycles. The average Bonchev–Trinajstić information content (AvgIpc) is 3.72. The number of halogens is 4. The Labute approximate surface area is 205 Å². The van der Waals surface area contributed by atoms with Gasteiger partial charge in [-0.05, 0) is 66.6 Å². The van der Waals surface area contributed by atoms with Crippen LogP contribution in [-0.4, -0.2) is 44.4 Å². The third-order valence-corrected chi connectivity index (χ3v) is 10.00. The van der Waals surface area contributed by atoms with E-state index < -0.39 is 42.4 Å². The van der Waals surface area contributed by atoms with Crippen LogP contribution in [0.15, 0.2) is 51.8 Å². The van der Waals surface area contributed by atoms with Crippen molar-refractivity contribution in [2.24, 2.45) is 5.92 Å². The van der Waals surface area contributed by atoms with Gasteiger partial charge in [-0.15, -0.1) is 0 Å². The fourth-order valence-electron chi connectivity index (χ4n) is 4.97. The smallest absolute Gasteiger partial charge is 0.306 e. The molecule has 2 saturated carbocycles. The van der Waals surface area contributed by atoms with Crippen molar-refractivity contribution in [1.29, 1.82) is 0 Å². The van der Waals surface area contributed by atoms with Crippen LogP contribution in [0.25, 0.3) is 0 Å². The minimum atomic E-state index is -4.67. The number of piperazine rings is 1. The number of amides is 1. The SMILES string of the molecule is O=C([C@@H]1C[C@H]1c1ccc(Br)cc1)[N+]1(S(=O)(=O)c2cc(C3CC3)cc(C(F)(F)F)c2)CCNCC1.